The number of nitrogens with zero attached hydrogens (tertiary/aromatic N) is 1. The van der Waals surface area contributed by atoms with Crippen LogP contribution in [0.15, 0.2) is 0 Å². The standard InChI is InChI=1S/C11H22N2O2/c1-2-13-5-3-9(4-6-13)11-14-8-10(7-12)15-11/h9-11H,2-8,12H2,1H3. The zero-order chi connectivity index (χ0) is 10.7. The van der Waals surface area contributed by atoms with Gasteiger partial charge >= 0.3 is 0 Å². The number of ether oxygens (including phenoxy) is 2. The molecular weight excluding hydrogens is 192 g/mol. The molecule has 2 atom stereocenters. The molecule has 2 aliphatic rings. The average Bonchev–Trinajstić information content (AvgIpc) is 2.78. The second-order valence-electron chi connectivity index (χ2n) is 4.47. The third-order valence-electron chi connectivity index (χ3n) is 3.50. The molecule has 0 aromatic rings. The van der Waals surface area contributed by atoms with Crippen LogP contribution in [0.3, 0.4) is 0 Å². The van der Waals surface area contributed by atoms with E-state index in [0.29, 0.717) is 19.1 Å². The normalized spacial score (nSPS) is 34.8. The van der Waals surface area contributed by atoms with E-state index in [1.807, 2.05) is 0 Å². The Morgan fingerprint density at radius 3 is 2.60 bits per heavy atom. The Morgan fingerprint density at radius 1 is 1.33 bits per heavy atom. The zero-order valence-electron chi connectivity index (χ0n) is 9.52. The van der Waals surface area contributed by atoms with Gasteiger partial charge in [-0.1, -0.05) is 6.92 Å². The first-order valence-corrected chi connectivity index (χ1v) is 6.03. The van der Waals surface area contributed by atoms with Crippen LogP contribution in [0.5, 0.6) is 0 Å². The molecule has 0 aromatic heterocycles. The van der Waals surface area contributed by atoms with Crippen molar-refractivity contribution in [3.63, 3.8) is 0 Å². The van der Waals surface area contributed by atoms with Gasteiger partial charge in [-0.3, -0.25) is 0 Å². The Morgan fingerprint density at radius 2 is 2.07 bits per heavy atom. The summed E-state index contributed by atoms with van der Waals surface area (Å²) in [6, 6.07) is 0. The molecule has 0 saturated carbocycles. The molecule has 4 heteroatoms. The van der Waals surface area contributed by atoms with Crippen LogP contribution in [0, 0.1) is 5.92 Å². The summed E-state index contributed by atoms with van der Waals surface area (Å²) in [7, 11) is 0. The molecule has 2 heterocycles. The molecule has 0 spiro atoms. The van der Waals surface area contributed by atoms with Crippen molar-refractivity contribution in [1.82, 2.24) is 4.90 Å². The molecule has 0 aliphatic carbocycles. The fourth-order valence-corrected chi connectivity index (χ4v) is 2.38. The van der Waals surface area contributed by atoms with Crippen molar-refractivity contribution in [3.8, 4) is 0 Å². The molecule has 0 radical (unpaired) electrons. The Labute approximate surface area is 91.7 Å². The van der Waals surface area contributed by atoms with E-state index in [4.69, 9.17) is 15.2 Å². The first kappa shape index (κ1) is 11.3. The third kappa shape index (κ3) is 2.69. The van der Waals surface area contributed by atoms with Gasteiger partial charge in [0.25, 0.3) is 0 Å². The molecule has 88 valence electrons. The van der Waals surface area contributed by atoms with Gasteiger partial charge in [0.2, 0.25) is 0 Å². The molecule has 2 N–H and O–H groups in total. The van der Waals surface area contributed by atoms with E-state index in [0.717, 1.165) is 6.54 Å². The Bertz CT molecular complexity index is 193. The lowest BCUT2D eigenvalue weighted by Crippen LogP contribution is -2.38. The summed E-state index contributed by atoms with van der Waals surface area (Å²) in [6.07, 6.45) is 2.52. The number of hydrogen-bond acceptors (Lipinski definition) is 4. The van der Waals surface area contributed by atoms with Crippen LogP contribution in [-0.2, 0) is 9.47 Å². The quantitative estimate of drug-likeness (QED) is 0.739. The first-order valence-electron chi connectivity index (χ1n) is 6.03. The van der Waals surface area contributed by atoms with Crippen molar-refractivity contribution >= 4 is 0 Å². The van der Waals surface area contributed by atoms with E-state index in [9.17, 15) is 0 Å². The Kier molecular flexibility index (Phi) is 3.97. The van der Waals surface area contributed by atoms with Crippen molar-refractivity contribution in [3.05, 3.63) is 0 Å². The highest BCUT2D eigenvalue weighted by Gasteiger charge is 2.33. The number of piperidine rings is 1. The maximum absolute atomic E-state index is 5.75. The zero-order valence-corrected chi connectivity index (χ0v) is 9.52. The Hall–Kier alpha value is -0.160. The van der Waals surface area contributed by atoms with Gasteiger partial charge in [-0.15, -0.1) is 0 Å². The predicted octanol–water partition coefficient (Wildman–Crippen LogP) is 0.418. The minimum Gasteiger partial charge on any atom is -0.350 e. The van der Waals surface area contributed by atoms with Crippen molar-refractivity contribution < 1.29 is 9.47 Å². The lowest BCUT2D eigenvalue weighted by Gasteiger charge is -2.33. The molecule has 15 heavy (non-hydrogen) atoms. The van der Waals surface area contributed by atoms with Crippen molar-refractivity contribution in [1.29, 1.82) is 0 Å². The van der Waals surface area contributed by atoms with Crippen LogP contribution in [0.25, 0.3) is 0 Å². The molecule has 4 nitrogen and oxygen atoms in total. The molecule has 2 aliphatic heterocycles. The molecule has 2 fully saturated rings. The lowest BCUT2D eigenvalue weighted by atomic mass is 9.96. The first-order chi connectivity index (χ1) is 7.33. The van der Waals surface area contributed by atoms with Crippen LogP contribution >= 0.6 is 0 Å². The maximum atomic E-state index is 5.75. The fraction of sp³-hybridized carbons (Fsp3) is 1.00. The van der Waals surface area contributed by atoms with Gasteiger partial charge in [0.15, 0.2) is 6.29 Å². The highest BCUT2D eigenvalue weighted by Crippen LogP contribution is 2.27. The highest BCUT2D eigenvalue weighted by molar-refractivity contribution is 4.77. The minimum absolute atomic E-state index is 0.0116. The SMILES string of the molecule is CCN1CCC(C2OCC(CN)O2)CC1. The average molecular weight is 214 g/mol. The number of nitrogens with two attached hydrogens (primary N) is 1. The third-order valence-corrected chi connectivity index (χ3v) is 3.50. The second-order valence-corrected chi connectivity index (χ2v) is 4.47. The van der Waals surface area contributed by atoms with Crippen LogP contribution in [0.2, 0.25) is 0 Å². The number of hydrogen-bond donors (Lipinski definition) is 1. The van der Waals surface area contributed by atoms with Crippen LogP contribution < -0.4 is 5.73 Å². The second kappa shape index (κ2) is 5.25. The van der Waals surface area contributed by atoms with Gasteiger partial charge in [0.1, 0.15) is 0 Å². The topological polar surface area (TPSA) is 47.7 Å². The van der Waals surface area contributed by atoms with Gasteiger partial charge < -0.3 is 20.1 Å². The molecule has 2 unspecified atom stereocenters. The van der Waals surface area contributed by atoms with Crippen LogP contribution in [-0.4, -0.2) is 50.1 Å². The maximum Gasteiger partial charge on any atom is 0.161 e. The molecule has 0 bridgehead atoms. The summed E-state index contributed by atoms with van der Waals surface area (Å²) in [5.41, 5.74) is 5.56. The number of likely N-dealkylation sites (tertiary alicyclic amines) is 1. The molecule has 2 rings (SSSR count). The monoisotopic (exact) mass is 214 g/mol. The summed E-state index contributed by atoms with van der Waals surface area (Å²) in [4.78, 5) is 2.48. The van der Waals surface area contributed by atoms with Crippen molar-refractivity contribution in [2.24, 2.45) is 11.7 Å². The predicted molar refractivity (Wildman–Crippen MR) is 58.5 cm³/mol. The molecule has 0 aromatic carbocycles. The van der Waals surface area contributed by atoms with E-state index >= 15 is 0 Å². The van der Waals surface area contributed by atoms with Gasteiger partial charge in [-0.25, -0.2) is 0 Å². The summed E-state index contributed by atoms with van der Waals surface area (Å²) in [6.45, 7) is 6.98. The number of rotatable bonds is 3. The smallest absolute Gasteiger partial charge is 0.161 e. The summed E-state index contributed by atoms with van der Waals surface area (Å²) >= 11 is 0. The van der Waals surface area contributed by atoms with E-state index in [-0.39, 0.29) is 12.4 Å². The molecule has 2 saturated heterocycles. The highest BCUT2D eigenvalue weighted by atomic mass is 16.7. The largest absolute Gasteiger partial charge is 0.350 e. The van der Waals surface area contributed by atoms with E-state index in [1.54, 1.807) is 0 Å². The Balaban J connectivity index is 1.76. The van der Waals surface area contributed by atoms with Crippen molar-refractivity contribution in [2.75, 3.05) is 32.8 Å². The van der Waals surface area contributed by atoms with E-state index in [1.165, 1.54) is 25.9 Å². The lowest BCUT2D eigenvalue weighted by molar-refractivity contribution is -0.108. The fourth-order valence-electron chi connectivity index (χ4n) is 2.38. The van der Waals surface area contributed by atoms with Crippen LogP contribution in [0.4, 0.5) is 0 Å². The van der Waals surface area contributed by atoms with Crippen molar-refractivity contribution in [2.45, 2.75) is 32.2 Å². The van der Waals surface area contributed by atoms with Gasteiger partial charge in [-0.2, -0.15) is 0 Å². The van der Waals surface area contributed by atoms with E-state index in [2.05, 4.69) is 11.8 Å². The molecular formula is C11H22N2O2. The minimum atomic E-state index is 0.0116. The summed E-state index contributed by atoms with van der Waals surface area (Å²) in [5, 5.41) is 0. The van der Waals surface area contributed by atoms with Crippen LogP contribution in [0.1, 0.15) is 19.8 Å². The van der Waals surface area contributed by atoms with Gasteiger partial charge in [-0.05, 0) is 32.5 Å². The summed E-state index contributed by atoms with van der Waals surface area (Å²) < 4.78 is 11.4. The van der Waals surface area contributed by atoms with Gasteiger partial charge in [0, 0.05) is 12.5 Å². The summed E-state index contributed by atoms with van der Waals surface area (Å²) in [5.74, 6) is 0.573. The van der Waals surface area contributed by atoms with E-state index < -0.39 is 0 Å². The van der Waals surface area contributed by atoms with Gasteiger partial charge in [0.05, 0.1) is 12.7 Å². The molecule has 0 amide bonds.